The highest BCUT2D eigenvalue weighted by Gasteiger charge is 2.21. The summed E-state index contributed by atoms with van der Waals surface area (Å²) in [6.07, 6.45) is -0.125. The van der Waals surface area contributed by atoms with Gasteiger partial charge >= 0.3 is 11.9 Å². The van der Waals surface area contributed by atoms with E-state index in [-0.39, 0.29) is 24.4 Å². The number of esters is 2. The van der Waals surface area contributed by atoms with Crippen LogP contribution in [0.15, 0.2) is 24.3 Å². The summed E-state index contributed by atoms with van der Waals surface area (Å²) >= 11 is 0. The third kappa shape index (κ3) is 18.4. The Balaban J connectivity index is 3.93. The number of hydrogen-bond donors (Lipinski definition) is 4. The molecule has 0 aliphatic carbocycles. The van der Waals surface area contributed by atoms with Crippen LogP contribution in [-0.4, -0.2) is 98.2 Å². The maximum absolute atomic E-state index is 11.3. The van der Waals surface area contributed by atoms with Gasteiger partial charge in [0, 0.05) is 24.2 Å². The third-order valence-corrected chi connectivity index (χ3v) is 5.15. The zero-order valence-corrected chi connectivity index (χ0v) is 23.0. The van der Waals surface area contributed by atoms with E-state index in [0.717, 1.165) is 12.8 Å². The highest BCUT2D eigenvalue weighted by atomic mass is 16.6. The number of rotatable bonds is 21. The molecule has 0 saturated heterocycles. The third-order valence-electron chi connectivity index (χ3n) is 5.15. The summed E-state index contributed by atoms with van der Waals surface area (Å²) in [5, 5.41) is 26.0. The van der Waals surface area contributed by atoms with Crippen LogP contribution in [0, 0.1) is 0 Å². The van der Waals surface area contributed by atoms with Crippen LogP contribution in [-0.2, 0) is 28.5 Å². The Morgan fingerprint density at radius 3 is 1.39 bits per heavy atom. The smallest absolute Gasteiger partial charge is 0.333 e. The van der Waals surface area contributed by atoms with Gasteiger partial charge in [-0.2, -0.15) is 0 Å². The van der Waals surface area contributed by atoms with E-state index >= 15 is 0 Å². The van der Waals surface area contributed by atoms with Crippen LogP contribution in [0.2, 0.25) is 0 Å². The largest absolute Gasteiger partial charge is 0.460 e. The van der Waals surface area contributed by atoms with Crippen LogP contribution in [0.3, 0.4) is 0 Å². The van der Waals surface area contributed by atoms with E-state index in [9.17, 15) is 19.8 Å². The Labute approximate surface area is 216 Å². The highest BCUT2D eigenvalue weighted by Crippen LogP contribution is 2.16. The minimum atomic E-state index is -0.787. The molecule has 0 aromatic heterocycles. The van der Waals surface area contributed by atoms with Crippen molar-refractivity contribution in [1.82, 2.24) is 10.6 Å². The Kier molecular flexibility index (Phi) is 16.7. The average Bonchev–Trinajstić information content (AvgIpc) is 2.79. The topological polar surface area (TPSA) is 136 Å². The molecule has 0 spiro atoms. The Bertz CT molecular complexity index is 635. The average molecular weight is 517 g/mol. The summed E-state index contributed by atoms with van der Waals surface area (Å²) in [5.74, 6) is -1.02. The van der Waals surface area contributed by atoms with Crippen LogP contribution >= 0.6 is 0 Å². The first kappa shape index (κ1) is 34.2. The van der Waals surface area contributed by atoms with Gasteiger partial charge in [0.25, 0.3) is 0 Å². The van der Waals surface area contributed by atoms with Gasteiger partial charge in [0.2, 0.25) is 0 Å². The predicted octanol–water partition coefficient (Wildman–Crippen LogP) is 1.50. The molecule has 0 heterocycles. The molecule has 2 atom stereocenters. The molecule has 0 amide bonds. The zero-order chi connectivity index (χ0) is 27.8. The van der Waals surface area contributed by atoms with Gasteiger partial charge in [0.15, 0.2) is 0 Å². The van der Waals surface area contributed by atoms with E-state index < -0.39 is 24.1 Å². The first-order valence-electron chi connectivity index (χ1n) is 12.4. The van der Waals surface area contributed by atoms with E-state index in [4.69, 9.17) is 18.9 Å². The lowest BCUT2D eigenvalue weighted by Crippen LogP contribution is -2.37. The lowest BCUT2D eigenvalue weighted by atomic mass is 10.0. The van der Waals surface area contributed by atoms with Crippen molar-refractivity contribution in [2.45, 2.75) is 77.8 Å². The second-order valence-corrected chi connectivity index (χ2v) is 10.2. The van der Waals surface area contributed by atoms with Gasteiger partial charge in [-0.3, -0.25) is 0 Å². The number of aliphatic hydroxyl groups excluding tert-OH is 2. The molecule has 0 saturated carbocycles. The monoisotopic (exact) mass is 516 g/mol. The molecule has 10 heteroatoms. The number of carbonyl (C=O) groups is 2. The molecule has 0 aromatic rings. The summed E-state index contributed by atoms with van der Waals surface area (Å²) in [4.78, 5) is 22.7. The molecule has 2 unspecified atom stereocenters. The minimum absolute atomic E-state index is 0.0767. The maximum Gasteiger partial charge on any atom is 0.333 e. The fraction of sp³-hybridized carbons (Fsp3) is 0.769. The van der Waals surface area contributed by atoms with E-state index in [1.54, 1.807) is 13.8 Å². The quantitative estimate of drug-likeness (QED) is 0.101. The van der Waals surface area contributed by atoms with Crippen LogP contribution in [0.5, 0.6) is 0 Å². The molecule has 10 nitrogen and oxygen atoms in total. The summed E-state index contributed by atoms with van der Waals surface area (Å²) in [7, 11) is 0. The van der Waals surface area contributed by atoms with Crippen molar-refractivity contribution >= 4 is 11.9 Å². The van der Waals surface area contributed by atoms with Crippen molar-refractivity contribution in [2.75, 3.05) is 52.6 Å². The predicted molar refractivity (Wildman–Crippen MR) is 139 cm³/mol. The maximum atomic E-state index is 11.3. The molecule has 0 aliphatic heterocycles. The molecule has 0 aliphatic rings. The van der Waals surface area contributed by atoms with E-state index in [1.165, 1.54) is 0 Å². The second kappa shape index (κ2) is 17.6. The van der Waals surface area contributed by atoms with Crippen molar-refractivity contribution in [3.63, 3.8) is 0 Å². The summed E-state index contributed by atoms with van der Waals surface area (Å²) in [5.41, 5.74) is -0.144. The van der Waals surface area contributed by atoms with Gasteiger partial charge in [0.05, 0.1) is 24.4 Å². The van der Waals surface area contributed by atoms with Crippen LogP contribution < -0.4 is 10.6 Å². The Morgan fingerprint density at radius 2 is 1.08 bits per heavy atom. The van der Waals surface area contributed by atoms with Crippen molar-refractivity contribution < 1.29 is 38.7 Å². The fourth-order valence-electron chi connectivity index (χ4n) is 2.80. The van der Waals surface area contributed by atoms with Crippen molar-refractivity contribution in [1.29, 1.82) is 0 Å². The molecular weight excluding hydrogens is 468 g/mol. The summed E-state index contributed by atoms with van der Waals surface area (Å²) in [6, 6.07) is 0. The Hall–Kier alpha value is -1.82. The van der Waals surface area contributed by atoms with E-state index in [1.807, 2.05) is 27.7 Å². The highest BCUT2D eigenvalue weighted by molar-refractivity contribution is 5.87. The van der Waals surface area contributed by atoms with Crippen LogP contribution in [0.1, 0.15) is 54.4 Å². The number of hydrogen-bond acceptors (Lipinski definition) is 10. The van der Waals surface area contributed by atoms with E-state index in [2.05, 4.69) is 23.8 Å². The number of ether oxygens (including phenoxy) is 4. The first-order valence-corrected chi connectivity index (χ1v) is 12.4. The van der Waals surface area contributed by atoms with Crippen molar-refractivity contribution in [3.8, 4) is 0 Å². The molecule has 4 N–H and O–H groups in total. The zero-order valence-electron chi connectivity index (χ0n) is 23.0. The molecule has 0 fully saturated rings. The van der Waals surface area contributed by atoms with Gasteiger partial charge in [-0.1, -0.05) is 13.2 Å². The number of aliphatic hydroxyl groups is 2. The lowest BCUT2D eigenvalue weighted by molar-refractivity contribution is -0.142. The summed E-state index contributed by atoms with van der Waals surface area (Å²) in [6.45, 7) is 20.7. The van der Waals surface area contributed by atoms with Crippen molar-refractivity contribution in [2.24, 2.45) is 0 Å². The molecule has 36 heavy (non-hydrogen) atoms. The SMILES string of the molecule is C=C(C)C(=O)OCC(O)CNCCC(C)(C)OCCOC(C)(C)CCNCC(O)COC(=O)C(=C)C. The van der Waals surface area contributed by atoms with Gasteiger partial charge < -0.3 is 39.8 Å². The lowest BCUT2D eigenvalue weighted by Gasteiger charge is -2.29. The molecule has 0 radical (unpaired) electrons. The fourth-order valence-corrected chi connectivity index (χ4v) is 2.80. The molecule has 0 aromatic carbocycles. The Morgan fingerprint density at radius 1 is 0.750 bits per heavy atom. The molecule has 210 valence electrons. The van der Waals surface area contributed by atoms with Gasteiger partial charge in [-0.15, -0.1) is 0 Å². The summed E-state index contributed by atoms with van der Waals surface area (Å²) < 4.78 is 21.8. The second-order valence-electron chi connectivity index (χ2n) is 10.2. The van der Waals surface area contributed by atoms with Gasteiger partial charge in [-0.25, -0.2) is 9.59 Å². The number of nitrogens with one attached hydrogen (secondary N) is 2. The normalized spacial score (nSPS) is 13.7. The number of carbonyl (C=O) groups excluding carboxylic acids is 2. The van der Waals surface area contributed by atoms with Crippen LogP contribution in [0.25, 0.3) is 0 Å². The standard InChI is InChI=1S/C26H48N2O8/c1-19(2)23(31)33-17-21(29)15-27-11-9-25(5,6)35-13-14-36-26(7,8)10-12-28-16-22(30)18-34-24(32)20(3)4/h21-22,27-30H,1,3,9-18H2,2,4-8H3. The molecule has 0 rings (SSSR count). The first-order chi connectivity index (χ1) is 16.6. The van der Waals surface area contributed by atoms with Crippen LogP contribution in [0.4, 0.5) is 0 Å². The molecular formula is C26H48N2O8. The van der Waals surface area contributed by atoms with Crippen molar-refractivity contribution in [3.05, 3.63) is 24.3 Å². The molecule has 0 bridgehead atoms. The minimum Gasteiger partial charge on any atom is -0.460 e. The van der Waals surface area contributed by atoms with E-state index in [0.29, 0.717) is 50.5 Å². The van der Waals surface area contributed by atoms with Gasteiger partial charge in [0.1, 0.15) is 25.4 Å². The van der Waals surface area contributed by atoms with Gasteiger partial charge in [-0.05, 0) is 67.5 Å².